The number of pyridine rings is 1. The van der Waals surface area contributed by atoms with Crippen LogP contribution in [0.5, 0.6) is 0 Å². The lowest BCUT2D eigenvalue weighted by Crippen LogP contribution is -2.28. The number of likely N-dealkylation sites (N-methyl/N-ethyl adjacent to an activating group) is 1. The molecule has 72 valence electrons. The highest BCUT2D eigenvalue weighted by Gasteiger charge is 2.16. The van der Waals surface area contributed by atoms with Crippen molar-refractivity contribution in [2.24, 2.45) is 0 Å². The summed E-state index contributed by atoms with van der Waals surface area (Å²) in [5, 5.41) is 3.20. The third-order valence-corrected chi connectivity index (χ3v) is 2.20. The molecule has 1 rings (SSSR count). The second kappa shape index (κ2) is 4.94. The second-order valence-electron chi connectivity index (χ2n) is 2.99. The minimum absolute atomic E-state index is 0.147. The fourth-order valence-electron chi connectivity index (χ4n) is 1.37. The van der Waals surface area contributed by atoms with Gasteiger partial charge >= 0.3 is 0 Å². The zero-order valence-electron chi connectivity index (χ0n) is 8.32. The van der Waals surface area contributed by atoms with E-state index in [9.17, 15) is 0 Å². The quantitative estimate of drug-likeness (QED) is 0.760. The maximum Gasteiger partial charge on any atom is 0.0738 e. The van der Waals surface area contributed by atoms with Crippen LogP contribution in [0.3, 0.4) is 0 Å². The molecule has 0 spiro atoms. The van der Waals surface area contributed by atoms with E-state index in [2.05, 4.69) is 10.3 Å². The van der Waals surface area contributed by atoms with E-state index in [1.54, 1.807) is 13.3 Å². The Bertz CT molecular complexity index is 238. The van der Waals surface area contributed by atoms with Crippen molar-refractivity contribution in [3.05, 3.63) is 30.1 Å². The minimum Gasteiger partial charge on any atom is -0.380 e. The van der Waals surface area contributed by atoms with Crippen molar-refractivity contribution in [2.75, 3.05) is 14.2 Å². The van der Waals surface area contributed by atoms with Crippen LogP contribution in [0, 0.1) is 0 Å². The third-order valence-electron chi connectivity index (χ3n) is 2.20. The highest BCUT2D eigenvalue weighted by Crippen LogP contribution is 2.16. The van der Waals surface area contributed by atoms with Gasteiger partial charge in [-0.2, -0.15) is 0 Å². The molecule has 0 aliphatic heterocycles. The van der Waals surface area contributed by atoms with Gasteiger partial charge in [-0.15, -0.1) is 0 Å². The molecule has 0 bridgehead atoms. The zero-order valence-corrected chi connectivity index (χ0v) is 8.32. The number of nitrogens with zero attached hydrogens (tertiary/aromatic N) is 1. The van der Waals surface area contributed by atoms with E-state index in [0.29, 0.717) is 0 Å². The smallest absolute Gasteiger partial charge is 0.0738 e. The molecule has 13 heavy (non-hydrogen) atoms. The molecule has 0 aliphatic rings. The van der Waals surface area contributed by atoms with E-state index >= 15 is 0 Å². The van der Waals surface area contributed by atoms with Gasteiger partial charge in [0.1, 0.15) is 0 Å². The average molecular weight is 180 g/mol. The molecule has 3 nitrogen and oxygen atoms in total. The van der Waals surface area contributed by atoms with E-state index < -0.39 is 0 Å². The maximum absolute atomic E-state index is 5.27. The van der Waals surface area contributed by atoms with Crippen LogP contribution in [0.25, 0.3) is 0 Å². The number of rotatable bonds is 4. The Morgan fingerprint density at radius 3 is 2.77 bits per heavy atom. The molecule has 0 aliphatic carbocycles. The number of hydrogen-bond donors (Lipinski definition) is 1. The van der Waals surface area contributed by atoms with Crippen LogP contribution in [0.4, 0.5) is 0 Å². The SMILES string of the molecule is CNC(c1cccnc1)C(C)OC. The van der Waals surface area contributed by atoms with E-state index in [4.69, 9.17) is 4.74 Å². The van der Waals surface area contributed by atoms with Gasteiger partial charge in [0.05, 0.1) is 12.1 Å². The lowest BCUT2D eigenvalue weighted by molar-refractivity contribution is 0.0856. The number of hydrogen-bond acceptors (Lipinski definition) is 3. The highest BCUT2D eigenvalue weighted by atomic mass is 16.5. The first kappa shape index (κ1) is 10.2. The Kier molecular flexibility index (Phi) is 3.86. The summed E-state index contributed by atoms with van der Waals surface area (Å²) in [7, 11) is 3.64. The predicted molar refractivity (Wildman–Crippen MR) is 52.5 cm³/mol. The summed E-state index contributed by atoms with van der Waals surface area (Å²) in [6.45, 7) is 2.04. The first-order valence-corrected chi connectivity index (χ1v) is 4.39. The summed E-state index contributed by atoms with van der Waals surface area (Å²) < 4.78 is 5.27. The van der Waals surface area contributed by atoms with Gasteiger partial charge in [0.15, 0.2) is 0 Å². The van der Waals surface area contributed by atoms with Crippen molar-refractivity contribution in [1.29, 1.82) is 0 Å². The first-order chi connectivity index (χ1) is 6.29. The van der Waals surface area contributed by atoms with Crippen LogP contribution < -0.4 is 5.32 Å². The number of nitrogens with one attached hydrogen (secondary N) is 1. The zero-order chi connectivity index (χ0) is 9.68. The fourth-order valence-corrected chi connectivity index (χ4v) is 1.37. The lowest BCUT2D eigenvalue weighted by Gasteiger charge is -2.22. The van der Waals surface area contributed by atoms with Gasteiger partial charge in [0.25, 0.3) is 0 Å². The van der Waals surface area contributed by atoms with Gasteiger partial charge in [-0.05, 0) is 25.6 Å². The summed E-state index contributed by atoms with van der Waals surface area (Å²) in [6, 6.07) is 4.19. The van der Waals surface area contributed by atoms with Crippen LogP contribution in [-0.2, 0) is 4.74 Å². The fraction of sp³-hybridized carbons (Fsp3) is 0.500. The van der Waals surface area contributed by atoms with Crippen molar-refractivity contribution in [2.45, 2.75) is 19.1 Å². The topological polar surface area (TPSA) is 34.2 Å². The van der Waals surface area contributed by atoms with Crippen LogP contribution in [0.15, 0.2) is 24.5 Å². The Morgan fingerprint density at radius 2 is 2.31 bits per heavy atom. The van der Waals surface area contributed by atoms with Crippen molar-refractivity contribution in [3.63, 3.8) is 0 Å². The first-order valence-electron chi connectivity index (χ1n) is 4.39. The highest BCUT2D eigenvalue weighted by molar-refractivity contribution is 5.14. The Morgan fingerprint density at radius 1 is 1.54 bits per heavy atom. The third kappa shape index (κ3) is 2.50. The number of aromatic nitrogens is 1. The molecule has 0 fully saturated rings. The maximum atomic E-state index is 5.27. The van der Waals surface area contributed by atoms with Crippen LogP contribution in [-0.4, -0.2) is 25.2 Å². The van der Waals surface area contributed by atoms with E-state index in [1.807, 2.05) is 32.3 Å². The summed E-state index contributed by atoms with van der Waals surface area (Å²) >= 11 is 0. The molecule has 0 saturated heterocycles. The molecule has 0 amide bonds. The molecule has 0 saturated carbocycles. The van der Waals surface area contributed by atoms with Crippen LogP contribution in [0.2, 0.25) is 0 Å². The number of ether oxygens (including phenoxy) is 1. The summed E-state index contributed by atoms with van der Waals surface area (Å²) in [5.41, 5.74) is 1.15. The molecule has 0 radical (unpaired) electrons. The Labute approximate surface area is 79.1 Å². The lowest BCUT2D eigenvalue weighted by atomic mass is 10.1. The van der Waals surface area contributed by atoms with Gasteiger partial charge in [-0.3, -0.25) is 4.98 Å². The summed E-state index contributed by atoms with van der Waals surface area (Å²) in [4.78, 5) is 4.07. The Balaban J connectivity index is 2.78. The molecule has 1 aromatic heterocycles. The summed E-state index contributed by atoms with van der Waals surface area (Å²) in [6.07, 6.45) is 3.78. The van der Waals surface area contributed by atoms with Gasteiger partial charge in [-0.25, -0.2) is 0 Å². The van der Waals surface area contributed by atoms with Crippen molar-refractivity contribution >= 4 is 0 Å². The summed E-state index contributed by atoms with van der Waals surface area (Å²) in [5.74, 6) is 0. The Hall–Kier alpha value is -0.930. The number of methoxy groups -OCH3 is 1. The van der Waals surface area contributed by atoms with Crippen molar-refractivity contribution in [1.82, 2.24) is 10.3 Å². The van der Waals surface area contributed by atoms with Crippen LogP contribution in [0.1, 0.15) is 18.5 Å². The molecule has 2 unspecified atom stereocenters. The molecular weight excluding hydrogens is 164 g/mol. The molecule has 1 N–H and O–H groups in total. The van der Waals surface area contributed by atoms with Crippen molar-refractivity contribution in [3.8, 4) is 0 Å². The van der Waals surface area contributed by atoms with Gasteiger partial charge in [0.2, 0.25) is 0 Å². The largest absolute Gasteiger partial charge is 0.380 e. The molecular formula is C10H16N2O. The van der Waals surface area contributed by atoms with Gasteiger partial charge < -0.3 is 10.1 Å². The van der Waals surface area contributed by atoms with Crippen LogP contribution >= 0.6 is 0 Å². The predicted octanol–water partition coefficient (Wildman–Crippen LogP) is 1.38. The van der Waals surface area contributed by atoms with Gasteiger partial charge in [-0.1, -0.05) is 6.07 Å². The molecule has 1 heterocycles. The standard InChI is InChI=1S/C10H16N2O/c1-8(13-3)10(11-2)9-5-4-6-12-7-9/h4-8,10-11H,1-3H3. The van der Waals surface area contributed by atoms with E-state index in [1.165, 1.54) is 0 Å². The molecule has 3 heteroatoms. The van der Waals surface area contributed by atoms with Crippen molar-refractivity contribution < 1.29 is 4.74 Å². The normalized spacial score (nSPS) is 15.3. The second-order valence-corrected chi connectivity index (χ2v) is 2.99. The molecule has 1 aromatic rings. The van der Waals surface area contributed by atoms with E-state index in [-0.39, 0.29) is 12.1 Å². The minimum atomic E-state index is 0.147. The van der Waals surface area contributed by atoms with Gasteiger partial charge in [0, 0.05) is 19.5 Å². The average Bonchev–Trinajstić information content (AvgIpc) is 2.20. The molecule has 2 atom stereocenters. The monoisotopic (exact) mass is 180 g/mol. The molecule has 0 aromatic carbocycles. The van der Waals surface area contributed by atoms with E-state index in [0.717, 1.165) is 5.56 Å².